The molecule has 1 N–H and O–H groups in total. The average Bonchev–Trinajstić information content (AvgIpc) is 2.48. The molecule has 3 unspecified atom stereocenters. The van der Waals surface area contributed by atoms with Gasteiger partial charge in [-0.1, -0.05) is 57.5 Å². The molecule has 0 bridgehead atoms. The number of carbonyl (C=O) groups is 1. The molecule has 0 aliphatic rings. The molecule has 1 amide bonds. The van der Waals surface area contributed by atoms with Crippen molar-refractivity contribution in [2.24, 2.45) is 5.92 Å². The molecule has 1 aromatic rings. The molecule has 20 heavy (non-hydrogen) atoms. The Labute approximate surface area is 127 Å². The minimum atomic E-state index is -0.0726. The number of alkyl halides is 1. The molecule has 112 valence electrons. The lowest BCUT2D eigenvalue weighted by Gasteiger charge is -2.23. The molecule has 1 aromatic carbocycles. The molecule has 0 heterocycles. The van der Waals surface area contributed by atoms with Crippen LogP contribution in [-0.2, 0) is 4.79 Å². The predicted octanol–water partition coefficient (Wildman–Crippen LogP) is 4.34. The van der Waals surface area contributed by atoms with Crippen molar-refractivity contribution in [3.8, 4) is 0 Å². The lowest BCUT2D eigenvalue weighted by molar-refractivity contribution is -0.123. The minimum Gasteiger partial charge on any atom is -0.356 e. The second-order valence-corrected chi connectivity index (χ2v) is 5.98. The number of rotatable bonds is 8. The zero-order valence-electron chi connectivity index (χ0n) is 12.7. The summed E-state index contributed by atoms with van der Waals surface area (Å²) in [7, 11) is 0. The molecule has 0 aliphatic heterocycles. The van der Waals surface area contributed by atoms with Gasteiger partial charge in [-0.05, 0) is 24.3 Å². The zero-order valence-corrected chi connectivity index (χ0v) is 13.5. The minimum absolute atomic E-state index is 0.0726. The highest BCUT2D eigenvalue weighted by molar-refractivity contribution is 6.20. The van der Waals surface area contributed by atoms with Gasteiger partial charge in [-0.2, -0.15) is 0 Å². The quantitative estimate of drug-likeness (QED) is 0.710. The van der Waals surface area contributed by atoms with Crippen LogP contribution < -0.4 is 5.32 Å². The SMILES string of the molecule is CCC(Cl)CCNC(=O)C(c1ccccc1)C(C)CC. The summed E-state index contributed by atoms with van der Waals surface area (Å²) in [6, 6.07) is 10.0. The maximum absolute atomic E-state index is 12.5. The van der Waals surface area contributed by atoms with E-state index in [1.165, 1.54) is 0 Å². The molecule has 0 radical (unpaired) electrons. The predicted molar refractivity (Wildman–Crippen MR) is 86.2 cm³/mol. The van der Waals surface area contributed by atoms with Gasteiger partial charge >= 0.3 is 0 Å². The summed E-state index contributed by atoms with van der Waals surface area (Å²) in [5.74, 6) is 0.373. The number of hydrogen-bond acceptors (Lipinski definition) is 1. The summed E-state index contributed by atoms with van der Waals surface area (Å²) < 4.78 is 0. The standard InChI is InChI=1S/C17H26ClNO/c1-4-13(3)16(14-9-7-6-8-10-14)17(20)19-12-11-15(18)5-2/h6-10,13,15-16H,4-5,11-12H2,1-3H3,(H,19,20). The third-order valence-corrected chi connectivity index (χ3v) is 4.38. The number of hydrogen-bond donors (Lipinski definition) is 1. The van der Waals surface area contributed by atoms with Crippen LogP contribution >= 0.6 is 11.6 Å². The van der Waals surface area contributed by atoms with Gasteiger partial charge in [0.1, 0.15) is 0 Å². The first-order valence-corrected chi connectivity index (χ1v) is 8.00. The molecule has 0 saturated carbocycles. The molecule has 1 rings (SSSR count). The Kier molecular flexibility index (Phi) is 7.68. The van der Waals surface area contributed by atoms with E-state index in [0.29, 0.717) is 12.5 Å². The summed E-state index contributed by atoms with van der Waals surface area (Å²) in [5, 5.41) is 3.19. The van der Waals surface area contributed by atoms with Gasteiger partial charge in [-0.15, -0.1) is 11.6 Å². The van der Waals surface area contributed by atoms with Crippen molar-refractivity contribution in [2.75, 3.05) is 6.54 Å². The van der Waals surface area contributed by atoms with Crippen molar-refractivity contribution in [3.05, 3.63) is 35.9 Å². The van der Waals surface area contributed by atoms with Gasteiger partial charge in [-0.3, -0.25) is 4.79 Å². The van der Waals surface area contributed by atoms with Gasteiger partial charge in [0, 0.05) is 11.9 Å². The fourth-order valence-electron chi connectivity index (χ4n) is 2.30. The van der Waals surface area contributed by atoms with Gasteiger partial charge in [0.2, 0.25) is 5.91 Å². The Morgan fingerprint density at radius 1 is 1.20 bits per heavy atom. The summed E-state index contributed by atoms with van der Waals surface area (Å²) in [5.41, 5.74) is 1.09. The lowest BCUT2D eigenvalue weighted by Crippen LogP contribution is -2.34. The monoisotopic (exact) mass is 295 g/mol. The lowest BCUT2D eigenvalue weighted by atomic mass is 9.85. The van der Waals surface area contributed by atoms with Crippen molar-refractivity contribution < 1.29 is 4.79 Å². The number of nitrogens with one attached hydrogen (secondary N) is 1. The van der Waals surface area contributed by atoms with Crippen LogP contribution in [0.15, 0.2) is 30.3 Å². The summed E-state index contributed by atoms with van der Waals surface area (Å²) in [4.78, 5) is 12.5. The Morgan fingerprint density at radius 3 is 2.40 bits per heavy atom. The van der Waals surface area contributed by atoms with Crippen molar-refractivity contribution >= 4 is 17.5 Å². The van der Waals surface area contributed by atoms with Gasteiger partial charge < -0.3 is 5.32 Å². The van der Waals surface area contributed by atoms with Crippen molar-refractivity contribution in [1.29, 1.82) is 0 Å². The molecule has 3 heteroatoms. The Hall–Kier alpha value is -1.02. The fourth-order valence-corrected chi connectivity index (χ4v) is 2.41. The summed E-state index contributed by atoms with van der Waals surface area (Å²) in [6.45, 7) is 6.97. The second-order valence-electron chi connectivity index (χ2n) is 5.36. The van der Waals surface area contributed by atoms with Gasteiger partial charge in [0.05, 0.1) is 5.92 Å². The van der Waals surface area contributed by atoms with E-state index in [0.717, 1.165) is 24.8 Å². The largest absolute Gasteiger partial charge is 0.356 e. The molecular weight excluding hydrogens is 270 g/mol. The molecule has 0 spiro atoms. The van der Waals surface area contributed by atoms with Crippen LogP contribution in [-0.4, -0.2) is 17.8 Å². The molecular formula is C17H26ClNO. The normalized spacial score (nSPS) is 15.4. The van der Waals surface area contributed by atoms with Crippen LogP contribution in [0.1, 0.15) is 51.5 Å². The van der Waals surface area contributed by atoms with Crippen LogP contribution in [0.4, 0.5) is 0 Å². The van der Waals surface area contributed by atoms with E-state index in [1.54, 1.807) is 0 Å². The fraction of sp³-hybridized carbons (Fsp3) is 0.588. The molecule has 0 aromatic heterocycles. The average molecular weight is 296 g/mol. The van der Waals surface area contributed by atoms with E-state index >= 15 is 0 Å². The Balaban J connectivity index is 2.67. The number of carbonyl (C=O) groups excluding carboxylic acids is 1. The number of amides is 1. The molecule has 0 fully saturated rings. The zero-order chi connectivity index (χ0) is 15.0. The highest BCUT2D eigenvalue weighted by Crippen LogP contribution is 2.27. The maximum atomic E-state index is 12.5. The molecule has 3 atom stereocenters. The first kappa shape index (κ1) is 17.0. The van der Waals surface area contributed by atoms with Crippen molar-refractivity contribution in [2.45, 2.75) is 51.3 Å². The van der Waals surface area contributed by atoms with Crippen LogP contribution in [0.3, 0.4) is 0 Å². The van der Waals surface area contributed by atoms with Crippen LogP contribution in [0.2, 0.25) is 0 Å². The van der Waals surface area contributed by atoms with Gasteiger partial charge in [0.25, 0.3) is 0 Å². The third kappa shape index (κ3) is 5.16. The van der Waals surface area contributed by atoms with Gasteiger partial charge in [0.15, 0.2) is 0 Å². The molecule has 0 saturated heterocycles. The van der Waals surface area contributed by atoms with E-state index < -0.39 is 0 Å². The second kappa shape index (κ2) is 9.02. The van der Waals surface area contributed by atoms with E-state index in [4.69, 9.17) is 11.6 Å². The van der Waals surface area contributed by atoms with Crippen LogP contribution in [0.5, 0.6) is 0 Å². The van der Waals surface area contributed by atoms with E-state index in [9.17, 15) is 4.79 Å². The summed E-state index contributed by atoms with van der Waals surface area (Å²) >= 11 is 6.08. The highest BCUT2D eigenvalue weighted by atomic mass is 35.5. The van der Waals surface area contributed by atoms with Crippen molar-refractivity contribution in [1.82, 2.24) is 5.32 Å². The number of halogens is 1. The Bertz CT molecular complexity index is 393. The van der Waals surface area contributed by atoms with E-state index in [1.807, 2.05) is 30.3 Å². The van der Waals surface area contributed by atoms with E-state index in [-0.39, 0.29) is 17.2 Å². The van der Waals surface area contributed by atoms with Crippen molar-refractivity contribution in [3.63, 3.8) is 0 Å². The number of benzene rings is 1. The first-order chi connectivity index (χ1) is 9.60. The highest BCUT2D eigenvalue weighted by Gasteiger charge is 2.25. The third-order valence-electron chi connectivity index (χ3n) is 3.85. The first-order valence-electron chi connectivity index (χ1n) is 7.56. The topological polar surface area (TPSA) is 29.1 Å². The molecule has 2 nitrogen and oxygen atoms in total. The van der Waals surface area contributed by atoms with Gasteiger partial charge in [-0.25, -0.2) is 0 Å². The smallest absolute Gasteiger partial charge is 0.227 e. The molecule has 0 aliphatic carbocycles. The van der Waals surface area contributed by atoms with E-state index in [2.05, 4.69) is 26.1 Å². The van der Waals surface area contributed by atoms with Crippen LogP contribution in [0, 0.1) is 5.92 Å². The summed E-state index contributed by atoms with van der Waals surface area (Å²) in [6.07, 6.45) is 2.75. The maximum Gasteiger partial charge on any atom is 0.227 e. The Morgan fingerprint density at radius 2 is 1.85 bits per heavy atom. The van der Waals surface area contributed by atoms with Crippen LogP contribution in [0.25, 0.3) is 0 Å².